The molecule has 0 radical (unpaired) electrons. The van der Waals surface area contributed by atoms with Crippen LogP contribution >= 0.6 is 0 Å². The molecular formula is C15H18N2O3. The third-order valence-corrected chi connectivity index (χ3v) is 3.15. The number of hydrogen-bond acceptors (Lipinski definition) is 2. The number of allylic oxidation sites excluding steroid dienone is 1. The Hall–Kier alpha value is -2.30. The van der Waals surface area contributed by atoms with Gasteiger partial charge in [-0.15, -0.1) is 0 Å². The molecule has 20 heavy (non-hydrogen) atoms. The van der Waals surface area contributed by atoms with Crippen LogP contribution in [0.25, 0.3) is 11.0 Å². The third kappa shape index (κ3) is 2.66. The Labute approximate surface area is 116 Å². The predicted molar refractivity (Wildman–Crippen MR) is 77.9 cm³/mol. The smallest absolute Gasteiger partial charge is 0.329 e. The van der Waals surface area contributed by atoms with Gasteiger partial charge in [-0.25, -0.2) is 9.59 Å². The maximum atomic E-state index is 12.5. The van der Waals surface area contributed by atoms with Crippen LogP contribution in [0.4, 0.5) is 0 Å². The topological polar surface area (TPSA) is 64.2 Å². The molecule has 0 fully saturated rings. The van der Waals surface area contributed by atoms with E-state index in [1.165, 1.54) is 0 Å². The zero-order valence-electron chi connectivity index (χ0n) is 11.7. The highest BCUT2D eigenvalue weighted by atomic mass is 16.4. The second kappa shape index (κ2) is 5.77. The molecule has 0 spiro atoms. The number of fused-ring (bicyclic) bond motifs is 1. The normalized spacial score (nSPS) is 12.0. The molecular weight excluding hydrogens is 256 g/mol. The number of carbonyl (C=O) groups is 1. The molecule has 0 unspecified atom stereocenters. The largest absolute Gasteiger partial charge is 0.478 e. The number of imidazole rings is 1. The van der Waals surface area contributed by atoms with Crippen LogP contribution in [-0.4, -0.2) is 20.2 Å². The van der Waals surface area contributed by atoms with Gasteiger partial charge in [-0.3, -0.25) is 9.13 Å². The molecule has 5 heteroatoms. The first-order valence-electron chi connectivity index (χ1n) is 6.62. The highest BCUT2D eigenvalue weighted by Gasteiger charge is 2.12. The number of nitrogens with zero attached hydrogens (tertiary/aromatic N) is 2. The number of aromatic nitrogens is 2. The van der Waals surface area contributed by atoms with E-state index in [0.717, 1.165) is 23.5 Å². The lowest BCUT2D eigenvalue weighted by Crippen LogP contribution is -2.24. The average Bonchev–Trinajstić information content (AvgIpc) is 2.64. The fourth-order valence-electron chi connectivity index (χ4n) is 2.37. The van der Waals surface area contributed by atoms with E-state index < -0.39 is 5.97 Å². The molecule has 0 aliphatic carbocycles. The van der Waals surface area contributed by atoms with Gasteiger partial charge in [-0.2, -0.15) is 0 Å². The van der Waals surface area contributed by atoms with E-state index >= 15 is 0 Å². The quantitative estimate of drug-likeness (QED) is 0.850. The number of carboxylic acids is 1. The number of aliphatic carboxylic acids is 1. The first-order valence-corrected chi connectivity index (χ1v) is 6.62. The fourth-order valence-corrected chi connectivity index (χ4v) is 2.37. The highest BCUT2D eigenvalue weighted by Crippen LogP contribution is 2.14. The number of rotatable bonds is 5. The molecule has 2 rings (SSSR count). The number of carboxylic acid groups (broad SMARTS) is 1. The van der Waals surface area contributed by atoms with Crippen molar-refractivity contribution in [2.75, 3.05) is 0 Å². The number of hydrogen-bond donors (Lipinski definition) is 1. The second-order valence-corrected chi connectivity index (χ2v) is 4.84. The van der Waals surface area contributed by atoms with Crippen molar-refractivity contribution in [2.24, 2.45) is 0 Å². The number of para-hydroxylation sites is 2. The van der Waals surface area contributed by atoms with Crippen molar-refractivity contribution in [3.63, 3.8) is 0 Å². The van der Waals surface area contributed by atoms with Gasteiger partial charge in [0.25, 0.3) is 0 Å². The zero-order valence-corrected chi connectivity index (χ0v) is 11.7. The van der Waals surface area contributed by atoms with Gasteiger partial charge in [-0.1, -0.05) is 19.1 Å². The molecule has 5 nitrogen and oxygen atoms in total. The Bertz CT molecular complexity index is 722. The number of aryl methyl sites for hydroxylation is 1. The van der Waals surface area contributed by atoms with Crippen molar-refractivity contribution in [3.05, 3.63) is 46.4 Å². The van der Waals surface area contributed by atoms with Gasteiger partial charge in [-0.05, 0) is 31.1 Å². The molecule has 1 N–H and O–H groups in total. The van der Waals surface area contributed by atoms with Crippen molar-refractivity contribution in [2.45, 2.75) is 33.4 Å². The summed E-state index contributed by atoms with van der Waals surface area (Å²) in [5.74, 6) is -0.993. The SMILES string of the molecule is CCCn1c(=O)n(CC(C)=CC(=O)O)c2ccccc21. The summed E-state index contributed by atoms with van der Waals surface area (Å²) in [5, 5.41) is 8.76. The van der Waals surface area contributed by atoms with Gasteiger partial charge in [0.1, 0.15) is 0 Å². The standard InChI is InChI=1S/C15H18N2O3/c1-3-8-16-12-6-4-5-7-13(12)17(15(16)20)10-11(2)9-14(18)19/h4-7,9H,3,8,10H2,1-2H3,(H,18,19). The van der Waals surface area contributed by atoms with Crippen LogP contribution in [0, 0.1) is 0 Å². The van der Waals surface area contributed by atoms with Crippen LogP contribution in [0.1, 0.15) is 20.3 Å². The van der Waals surface area contributed by atoms with Crippen molar-refractivity contribution in [1.29, 1.82) is 0 Å². The summed E-state index contributed by atoms with van der Waals surface area (Å²) in [5.41, 5.74) is 2.27. The highest BCUT2D eigenvalue weighted by molar-refractivity contribution is 5.80. The number of benzene rings is 1. The van der Waals surface area contributed by atoms with Gasteiger partial charge < -0.3 is 5.11 Å². The summed E-state index contributed by atoms with van der Waals surface area (Å²) in [6.07, 6.45) is 2.01. The summed E-state index contributed by atoms with van der Waals surface area (Å²) in [6, 6.07) is 7.58. The minimum atomic E-state index is -0.993. The molecule has 0 aliphatic heterocycles. The van der Waals surface area contributed by atoms with Crippen LogP contribution in [0.5, 0.6) is 0 Å². The van der Waals surface area contributed by atoms with Crippen molar-refractivity contribution >= 4 is 17.0 Å². The van der Waals surface area contributed by atoms with E-state index in [4.69, 9.17) is 5.11 Å². The van der Waals surface area contributed by atoms with Crippen LogP contribution in [0.2, 0.25) is 0 Å². The average molecular weight is 274 g/mol. The molecule has 0 aliphatic rings. The lowest BCUT2D eigenvalue weighted by Gasteiger charge is -2.02. The molecule has 0 bridgehead atoms. The maximum absolute atomic E-state index is 12.5. The molecule has 0 saturated heterocycles. The Kier molecular flexibility index (Phi) is 4.08. The second-order valence-electron chi connectivity index (χ2n) is 4.84. The maximum Gasteiger partial charge on any atom is 0.329 e. The van der Waals surface area contributed by atoms with Crippen molar-refractivity contribution < 1.29 is 9.90 Å². The van der Waals surface area contributed by atoms with Gasteiger partial charge in [0.2, 0.25) is 0 Å². The van der Waals surface area contributed by atoms with Crippen LogP contribution in [0.15, 0.2) is 40.7 Å². The Balaban J connectivity index is 2.56. The summed E-state index contributed by atoms with van der Waals surface area (Å²) in [7, 11) is 0. The molecule has 1 aromatic carbocycles. The molecule has 1 aromatic heterocycles. The summed E-state index contributed by atoms with van der Waals surface area (Å²) < 4.78 is 3.36. The summed E-state index contributed by atoms with van der Waals surface area (Å²) >= 11 is 0. The molecule has 0 atom stereocenters. The van der Waals surface area contributed by atoms with Gasteiger partial charge >= 0.3 is 11.7 Å². The lowest BCUT2D eigenvalue weighted by atomic mass is 10.2. The van der Waals surface area contributed by atoms with Crippen molar-refractivity contribution in [3.8, 4) is 0 Å². The monoisotopic (exact) mass is 274 g/mol. The van der Waals surface area contributed by atoms with Crippen molar-refractivity contribution in [1.82, 2.24) is 9.13 Å². The molecule has 2 aromatic rings. The predicted octanol–water partition coefficient (Wildman–Crippen LogP) is 2.24. The molecule has 106 valence electrons. The minimum Gasteiger partial charge on any atom is -0.478 e. The first kappa shape index (κ1) is 14.1. The van der Waals surface area contributed by atoms with Gasteiger partial charge in [0.15, 0.2) is 0 Å². The zero-order chi connectivity index (χ0) is 14.7. The van der Waals surface area contributed by atoms with Crippen LogP contribution in [-0.2, 0) is 17.9 Å². The summed E-state index contributed by atoms with van der Waals surface area (Å²) in [6.45, 7) is 4.69. The van der Waals surface area contributed by atoms with Gasteiger partial charge in [0, 0.05) is 19.2 Å². The Morgan fingerprint density at radius 2 is 1.85 bits per heavy atom. The fraction of sp³-hybridized carbons (Fsp3) is 0.333. The Morgan fingerprint density at radius 3 is 2.40 bits per heavy atom. The van der Waals surface area contributed by atoms with E-state index in [0.29, 0.717) is 18.7 Å². The van der Waals surface area contributed by atoms with E-state index in [1.807, 2.05) is 31.2 Å². The molecule has 1 heterocycles. The van der Waals surface area contributed by atoms with E-state index in [2.05, 4.69) is 0 Å². The van der Waals surface area contributed by atoms with Crippen LogP contribution < -0.4 is 5.69 Å². The molecule has 0 amide bonds. The van der Waals surface area contributed by atoms with E-state index in [1.54, 1.807) is 16.1 Å². The Morgan fingerprint density at radius 1 is 1.25 bits per heavy atom. The van der Waals surface area contributed by atoms with E-state index in [-0.39, 0.29) is 5.69 Å². The lowest BCUT2D eigenvalue weighted by molar-refractivity contribution is -0.131. The molecule has 0 saturated carbocycles. The summed E-state index contributed by atoms with van der Waals surface area (Å²) in [4.78, 5) is 23.1. The van der Waals surface area contributed by atoms with Crippen LogP contribution in [0.3, 0.4) is 0 Å². The first-order chi connectivity index (χ1) is 9.54. The van der Waals surface area contributed by atoms with Gasteiger partial charge in [0.05, 0.1) is 11.0 Å². The minimum absolute atomic E-state index is 0.0915. The van der Waals surface area contributed by atoms with E-state index in [9.17, 15) is 9.59 Å². The third-order valence-electron chi connectivity index (χ3n) is 3.15.